The molecule has 1 fully saturated rings. The van der Waals surface area contributed by atoms with E-state index in [-0.39, 0.29) is 5.91 Å². The highest BCUT2D eigenvalue weighted by atomic mass is 32.2. The van der Waals surface area contributed by atoms with Crippen LogP contribution in [-0.4, -0.2) is 49.7 Å². The van der Waals surface area contributed by atoms with Crippen LogP contribution in [0, 0.1) is 0 Å². The number of hydrogen-bond donors (Lipinski definition) is 0. The molecule has 1 aromatic carbocycles. The Bertz CT molecular complexity index is 617. The Kier molecular flexibility index (Phi) is 5.24. The van der Waals surface area contributed by atoms with E-state index in [1.807, 2.05) is 12.1 Å². The van der Waals surface area contributed by atoms with E-state index in [4.69, 9.17) is 0 Å². The third-order valence-electron chi connectivity index (χ3n) is 4.38. The average molecular weight is 324 g/mol. The van der Waals surface area contributed by atoms with Crippen molar-refractivity contribution in [1.82, 2.24) is 9.21 Å². The Labute approximate surface area is 133 Å². The molecule has 2 rings (SSSR count). The molecule has 6 heteroatoms. The normalized spacial score (nSPS) is 18.2. The predicted molar refractivity (Wildman–Crippen MR) is 86.2 cm³/mol. The van der Waals surface area contributed by atoms with Crippen LogP contribution in [0.15, 0.2) is 29.2 Å². The molecular weight excluding hydrogens is 300 g/mol. The van der Waals surface area contributed by atoms with Gasteiger partial charge in [-0.3, -0.25) is 4.79 Å². The second kappa shape index (κ2) is 6.79. The largest absolute Gasteiger partial charge is 0.340 e. The number of piperazine rings is 1. The maximum atomic E-state index is 12.6. The third kappa shape index (κ3) is 3.50. The van der Waals surface area contributed by atoms with Crippen molar-refractivity contribution in [2.75, 3.05) is 26.2 Å². The average Bonchev–Trinajstić information content (AvgIpc) is 2.54. The molecule has 1 amide bonds. The number of hydrogen-bond acceptors (Lipinski definition) is 3. The molecule has 1 atom stereocenters. The minimum atomic E-state index is -3.46. The van der Waals surface area contributed by atoms with Crippen molar-refractivity contribution >= 4 is 15.9 Å². The Morgan fingerprint density at radius 3 is 2.14 bits per heavy atom. The zero-order valence-corrected chi connectivity index (χ0v) is 14.3. The zero-order valence-electron chi connectivity index (χ0n) is 13.4. The number of amides is 1. The van der Waals surface area contributed by atoms with E-state index in [9.17, 15) is 13.2 Å². The van der Waals surface area contributed by atoms with E-state index in [0.717, 1.165) is 12.0 Å². The highest BCUT2D eigenvalue weighted by Crippen LogP contribution is 2.23. The molecule has 0 unspecified atom stereocenters. The fourth-order valence-corrected chi connectivity index (χ4v) is 4.02. The van der Waals surface area contributed by atoms with Gasteiger partial charge in [-0.2, -0.15) is 4.31 Å². The summed E-state index contributed by atoms with van der Waals surface area (Å²) < 4.78 is 26.7. The predicted octanol–water partition coefficient (Wildman–Crippen LogP) is 2.05. The van der Waals surface area contributed by atoms with Gasteiger partial charge in [0.05, 0.1) is 4.90 Å². The monoisotopic (exact) mass is 324 g/mol. The first-order valence-electron chi connectivity index (χ1n) is 7.72. The number of sulfonamides is 1. The van der Waals surface area contributed by atoms with Crippen molar-refractivity contribution in [3.05, 3.63) is 29.8 Å². The van der Waals surface area contributed by atoms with Crippen molar-refractivity contribution in [3.8, 4) is 0 Å². The topological polar surface area (TPSA) is 57.7 Å². The molecule has 1 aromatic rings. The minimum absolute atomic E-state index is 0.00467. The summed E-state index contributed by atoms with van der Waals surface area (Å²) in [7, 11) is -3.46. The van der Waals surface area contributed by atoms with Gasteiger partial charge in [0.2, 0.25) is 15.9 Å². The first-order chi connectivity index (χ1) is 10.4. The smallest absolute Gasteiger partial charge is 0.243 e. The van der Waals surface area contributed by atoms with Gasteiger partial charge in [-0.15, -0.1) is 0 Å². The molecule has 0 aliphatic carbocycles. The highest BCUT2D eigenvalue weighted by Gasteiger charge is 2.29. The summed E-state index contributed by atoms with van der Waals surface area (Å²) in [6.45, 7) is 7.38. The van der Waals surface area contributed by atoms with Gasteiger partial charge >= 0.3 is 0 Å². The lowest BCUT2D eigenvalue weighted by Gasteiger charge is -2.33. The van der Waals surface area contributed by atoms with Gasteiger partial charge in [-0.25, -0.2) is 8.42 Å². The summed E-state index contributed by atoms with van der Waals surface area (Å²) >= 11 is 0. The first-order valence-corrected chi connectivity index (χ1v) is 9.16. The molecule has 0 aromatic heterocycles. The standard InChI is InChI=1S/C16H24N2O3S/c1-4-13(2)15-5-7-16(8-6-15)22(20,21)18-11-9-17(10-12-18)14(3)19/h5-8,13H,4,9-12H2,1-3H3/t13-/m1/s1. The summed E-state index contributed by atoms with van der Waals surface area (Å²) in [4.78, 5) is 13.3. The van der Waals surface area contributed by atoms with Gasteiger partial charge in [0.25, 0.3) is 0 Å². The lowest BCUT2D eigenvalue weighted by molar-refractivity contribution is -0.129. The lowest BCUT2D eigenvalue weighted by Crippen LogP contribution is -2.49. The third-order valence-corrected chi connectivity index (χ3v) is 6.30. The minimum Gasteiger partial charge on any atom is -0.340 e. The first kappa shape index (κ1) is 17.0. The molecule has 0 radical (unpaired) electrons. The fourth-order valence-electron chi connectivity index (χ4n) is 2.60. The van der Waals surface area contributed by atoms with Crippen LogP contribution in [0.1, 0.15) is 38.7 Å². The summed E-state index contributed by atoms with van der Waals surface area (Å²) in [5, 5.41) is 0. The van der Waals surface area contributed by atoms with Crippen LogP contribution in [-0.2, 0) is 14.8 Å². The van der Waals surface area contributed by atoms with Gasteiger partial charge in [0, 0.05) is 33.1 Å². The Morgan fingerprint density at radius 2 is 1.68 bits per heavy atom. The Hall–Kier alpha value is -1.40. The van der Waals surface area contributed by atoms with Crippen LogP contribution in [0.2, 0.25) is 0 Å². The molecule has 5 nitrogen and oxygen atoms in total. The van der Waals surface area contributed by atoms with Crippen LogP contribution in [0.25, 0.3) is 0 Å². The van der Waals surface area contributed by atoms with E-state index < -0.39 is 10.0 Å². The van der Waals surface area contributed by atoms with Crippen LogP contribution < -0.4 is 0 Å². The van der Waals surface area contributed by atoms with Gasteiger partial charge < -0.3 is 4.90 Å². The van der Waals surface area contributed by atoms with Crippen molar-refractivity contribution in [3.63, 3.8) is 0 Å². The second-order valence-electron chi connectivity index (χ2n) is 5.79. The fraction of sp³-hybridized carbons (Fsp3) is 0.562. The van der Waals surface area contributed by atoms with E-state index >= 15 is 0 Å². The number of rotatable bonds is 4. The molecular formula is C16H24N2O3S. The molecule has 0 bridgehead atoms. The number of nitrogens with zero attached hydrogens (tertiary/aromatic N) is 2. The maximum absolute atomic E-state index is 12.6. The van der Waals surface area contributed by atoms with Gasteiger partial charge in [-0.05, 0) is 30.0 Å². The molecule has 1 aliphatic rings. The van der Waals surface area contributed by atoms with Crippen molar-refractivity contribution in [1.29, 1.82) is 0 Å². The lowest BCUT2D eigenvalue weighted by atomic mass is 9.99. The van der Waals surface area contributed by atoms with Crippen LogP contribution >= 0.6 is 0 Å². The highest BCUT2D eigenvalue weighted by molar-refractivity contribution is 7.89. The van der Waals surface area contributed by atoms with Gasteiger partial charge in [-0.1, -0.05) is 26.0 Å². The molecule has 1 heterocycles. The number of carbonyl (C=O) groups is 1. The molecule has 0 saturated carbocycles. The van der Waals surface area contributed by atoms with Gasteiger partial charge in [0.15, 0.2) is 0 Å². The van der Waals surface area contributed by atoms with E-state index in [1.165, 1.54) is 11.2 Å². The van der Waals surface area contributed by atoms with E-state index in [0.29, 0.717) is 37.0 Å². The van der Waals surface area contributed by atoms with E-state index in [2.05, 4.69) is 13.8 Å². The molecule has 0 N–H and O–H groups in total. The number of carbonyl (C=O) groups excluding carboxylic acids is 1. The van der Waals surface area contributed by atoms with Crippen molar-refractivity contribution in [2.24, 2.45) is 0 Å². The van der Waals surface area contributed by atoms with Crippen LogP contribution in [0.3, 0.4) is 0 Å². The molecule has 0 spiro atoms. The summed E-state index contributed by atoms with van der Waals surface area (Å²) in [6, 6.07) is 7.17. The number of benzene rings is 1. The van der Waals surface area contributed by atoms with Gasteiger partial charge in [0.1, 0.15) is 0 Å². The molecule has 22 heavy (non-hydrogen) atoms. The molecule has 1 aliphatic heterocycles. The van der Waals surface area contributed by atoms with Crippen LogP contribution in [0.4, 0.5) is 0 Å². The zero-order chi connectivity index (χ0) is 16.3. The molecule has 1 saturated heterocycles. The summed E-state index contributed by atoms with van der Waals surface area (Å²) in [5.74, 6) is 0.422. The Balaban J connectivity index is 2.12. The maximum Gasteiger partial charge on any atom is 0.243 e. The molecule has 122 valence electrons. The SMILES string of the molecule is CC[C@@H](C)c1ccc(S(=O)(=O)N2CCN(C(C)=O)CC2)cc1. The van der Waals surface area contributed by atoms with Crippen molar-refractivity contribution < 1.29 is 13.2 Å². The summed E-state index contributed by atoms with van der Waals surface area (Å²) in [6.07, 6.45) is 1.03. The van der Waals surface area contributed by atoms with Crippen LogP contribution in [0.5, 0.6) is 0 Å². The van der Waals surface area contributed by atoms with Crippen molar-refractivity contribution in [2.45, 2.75) is 38.0 Å². The summed E-state index contributed by atoms with van der Waals surface area (Å²) in [5.41, 5.74) is 1.16. The Morgan fingerprint density at radius 1 is 1.14 bits per heavy atom. The van der Waals surface area contributed by atoms with E-state index in [1.54, 1.807) is 17.0 Å². The second-order valence-corrected chi connectivity index (χ2v) is 7.73. The quantitative estimate of drug-likeness (QED) is 0.852.